The maximum Gasteiger partial charge on any atom is 0 e. The summed E-state index contributed by atoms with van der Waals surface area (Å²) in [4.78, 5) is 0. The largest absolute Gasteiger partial charge is 0.412 e. The first-order chi connectivity index (χ1) is 12.6. The van der Waals surface area contributed by atoms with Gasteiger partial charge in [-0.1, -0.05) is 128 Å². The molecular weight excluding hydrogens is 328 g/mol. The van der Waals surface area contributed by atoms with Gasteiger partial charge < -0.3 is 5.48 Å². The predicted octanol–water partition coefficient (Wildman–Crippen LogP) is 8.60. The topological polar surface area (TPSA) is 31.5 Å². The number of hydrogen-bond donors (Lipinski definition) is 0. The Balaban J connectivity index is 0. The van der Waals surface area contributed by atoms with Gasteiger partial charge in [0.05, 0.1) is 0 Å². The summed E-state index contributed by atoms with van der Waals surface area (Å²) in [5, 5.41) is 0. The Bertz CT molecular complexity index is 443. The zero-order valence-corrected chi connectivity index (χ0v) is 18.9. The van der Waals surface area contributed by atoms with Gasteiger partial charge in [0.25, 0.3) is 0 Å². The fourth-order valence-electron chi connectivity index (χ4n) is 4.24. The van der Waals surface area contributed by atoms with Crippen molar-refractivity contribution in [2.24, 2.45) is 11.8 Å². The van der Waals surface area contributed by atoms with Crippen LogP contribution < -0.4 is 0 Å². The van der Waals surface area contributed by atoms with Crippen molar-refractivity contribution in [3.8, 4) is 0 Å². The van der Waals surface area contributed by atoms with Crippen LogP contribution in [0.1, 0.15) is 119 Å². The summed E-state index contributed by atoms with van der Waals surface area (Å²) in [5.41, 5.74) is 4.33. The average molecular weight is 379 g/mol. The summed E-state index contributed by atoms with van der Waals surface area (Å²) in [7, 11) is 0. The van der Waals surface area contributed by atoms with E-state index in [0.717, 1.165) is 24.7 Å². The molecule has 1 fully saturated rings. The third-order valence-electron chi connectivity index (χ3n) is 6.24. The van der Waals surface area contributed by atoms with Gasteiger partial charge in [0.15, 0.2) is 0 Å². The van der Waals surface area contributed by atoms with Crippen molar-refractivity contribution in [1.82, 2.24) is 0 Å². The van der Waals surface area contributed by atoms with Gasteiger partial charge in [0.2, 0.25) is 0 Å². The summed E-state index contributed by atoms with van der Waals surface area (Å²) in [6, 6.07) is 0. The lowest BCUT2D eigenvalue weighted by Crippen LogP contribution is -2.00. The van der Waals surface area contributed by atoms with E-state index in [4.69, 9.17) is 0 Å². The van der Waals surface area contributed by atoms with E-state index in [2.05, 4.69) is 46.4 Å². The summed E-state index contributed by atoms with van der Waals surface area (Å²) in [6.07, 6.45) is 24.0. The summed E-state index contributed by atoms with van der Waals surface area (Å²) in [6.45, 7) is 13.3. The highest BCUT2D eigenvalue weighted by atomic mass is 16.0. The number of rotatable bonds is 11. The minimum absolute atomic E-state index is 0. The smallest absolute Gasteiger partial charge is 0 e. The summed E-state index contributed by atoms with van der Waals surface area (Å²) < 4.78 is 0. The van der Waals surface area contributed by atoms with Crippen molar-refractivity contribution < 1.29 is 6.90 Å². The molecule has 0 bridgehead atoms. The quantitative estimate of drug-likeness (QED) is 0.322. The Morgan fingerprint density at radius 2 is 1.78 bits per heavy atom. The van der Waals surface area contributed by atoms with E-state index in [0.29, 0.717) is 0 Å². The summed E-state index contributed by atoms with van der Waals surface area (Å²) in [5.74, 6) is 2.09. The van der Waals surface area contributed by atoms with E-state index in [1.54, 1.807) is 5.57 Å². The molecule has 0 aliphatic heterocycles. The molecule has 0 aromatic carbocycles. The molecule has 160 valence electrons. The molecule has 0 spiro atoms. The second-order valence-corrected chi connectivity index (χ2v) is 8.73. The van der Waals surface area contributed by atoms with Crippen LogP contribution >= 0.6 is 0 Å². The highest BCUT2D eigenvalue weighted by molar-refractivity contribution is 5.41. The molecular formula is C26H50O. The fourth-order valence-corrected chi connectivity index (χ4v) is 4.24. The average Bonchev–Trinajstić information content (AvgIpc) is 3.32. The molecule has 0 heterocycles. The van der Waals surface area contributed by atoms with Crippen LogP contribution in [0, 0.1) is 11.8 Å². The lowest BCUT2D eigenvalue weighted by atomic mass is 9.92. The molecule has 2 aliphatic rings. The molecule has 2 aliphatic carbocycles. The van der Waals surface area contributed by atoms with Crippen LogP contribution in [0.2, 0.25) is 0 Å². The lowest BCUT2D eigenvalue weighted by molar-refractivity contribution is 0.390. The number of allylic oxidation sites excluding steroid dienone is 5. The molecule has 1 saturated carbocycles. The van der Waals surface area contributed by atoms with Crippen LogP contribution in [0.5, 0.6) is 0 Å². The molecule has 27 heavy (non-hydrogen) atoms. The van der Waals surface area contributed by atoms with E-state index < -0.39 is 0 Å². The first kappa shape index (κ1) is 26.2. The van der Waals surface area contributed by atoms with Crippen LogP contribution in [0.15, 0.2) is 35.5 Å². The molecule has 1 nitrogen and oxygen atoms in total. The zero-order chi connectivity index (χ0) is 19.2. The molecule has 1 heteroatoms. The van der Waals surface area contributed by atoms with E-state index in [9.17, 15) is 0 Å². The molecule has 2 rings (SSSR count). The first-order valence-electron chi connectivity index (χ1n) is 11.7. The van der Waals surface area contributed by atoms with E-state index in [1.807, 2.05) is 0 Å². The Hall–Kier alpha value is -0.820. The van der Waals surface area contributed by atoms with E-state index in [-0.39, 0.29) is 6.90 Å². The molecule has 2 N–H and O–H groups in total. The Kier molecular flexibility index (Phi) is 15.7. The number of unbranched alkanes of at least 4 members (excludes halogenated alkanes) is 2. The van der Waals surface area contributed by atoms with Gasteiger partial charge in [-0.2, -0.15) is 0 Å². The van der Waals surface area contributed by atoms with Crippen LogP contribution in [0.25, 0.3) is 0 Å². The van der Waals surface area contributed by atoms with Gasteiger partial charge in [-0.15, -0.1) is 0 Å². The van der Waals surface area contributed by atoms with Crippen molar-refractivity contribution >= 4 is 0 Å². The second kappa shape index (κ2) is 16.2. The van der Waals surface area contributed by atoms with Gasteiger partial charge in [-0.25, -0.2) is 0 Å². The maximum atomic E-state index is 4.09. The van der Waals surface area contributed by atoms with Crippen molar-refractivity contribution in [2.45, 2.75) is 118 Å². The summed E-state index contributed by atoms with van der Waals surface area (Å²) >= 11 is 0. The first-order valence-corrected chi connectivity index (χ1v) is 11.7. The minimum atomic E-state index is 0. The van der Waals surface area contributed by atoms with Gasteiger partial charge in [-0.3, -0.25) is 0 Å². The van der Waals surface area contributed by atoms with Crippen molar-refractivity contribution in [2.75, 3.05) is 0 Å². The van der Waals surface area contributed by atoms with Crippen LogP contribution in [0.3, 0.4) is 0 Å². The van der Waals surface area contributed by atoms with Gasteiger partial charge in [0, 0.05) is 1.43 Å². The molecule has 0 saturated heterocycles. The Morgan fingerprint density at radius 3 is 2.33 bits per heavy atom. The minimum Gasteiger partial charge on any atom is -0.412 e. The highest BCUT2D eigenvalue weighted by Gasteiger charge is 2.15. The maximum absolute atomic E-state index is 4.09. The van der Waals surface area contributed by atoms with E-state index >= 15 is 0 Å². The molecule has 0 aromatic rings. The van der Waals surface area contributed by atoms with Crippen LogP contribution in [0.4, 0.5) is 0 Å². The molecule has 0 aromatic heterocycles. The third-order valence-corrected chi connectivity index (χ3v) is 6.24. The van der Waals surface area contributed by atoms with Gasteiger partial charge in [-0.05, 0) is 36.7 Å². The Labute approximate surface area is 172 Å². The highest BCUT2D eigenvalue weighted by Crippen LogP contribution is 2.30. The van der Waals surface area contributed by atoms with Gasteiger partial charge >= 0.3 is 0 Å². The van der Waals surface area contributed by atoms with Crippen molar-refractivity contribution in [3.63, 3.8) is 0 Å². The van der Waals surface area contributed by atoms with E-state index in [1.165, 1.54) is 88.2 Å². The zero-order valence-electron chi connectivity index (χ0n) is 18.9. The number of hydrogen-bond acceptors (Lipinski definition) is 0. The van der Waals surface area contributed by atoms with Crippen molar-refractivity contribution in [1.29, 1.82) is 0 Å². The standard InChI is InChI=1S/C14H28.C12H18.H2O.H2/c1-3-4-5-8-13(2)11-12-14-9-6-7-10-14;1-4-6-10(3)12-8-7-11(5-2)9-12;;/h13-14H,3-12H2,1-2H3;7-8H,3-6,9H2,1-2H3;1H2;1H. The molecule has 0 amide bonds. The van der Waals surface area contributed by atoms with Crippen LogP contribution in [-0.2, 0) is 0 Å². The fraction of sp³-hybridized carbons (Fsp3) is 0.769. The molecule has 1 atom stereocenters. The normalized spacial score (nSPS) is 17.5. The second-order valence-electron chi connectivity index (χ2n) is 8.73. The Morgan fingerprint density at radius 1 is 1.07 bits per heavy atom. The third kappa shape index (κ3) is 11.6. The van der Waals surface area contributed by atoms with Gasteiger partial charge in [0.1, 0.15) is 0 Å². The SMILES string of the molecule is C=C(CCC)C1=CC=C(CC)C1.CCCCCC(C)CCC1CCCC1.O.[HH]. The predicted molar refractivity (Wildman–Crippen MR) is 125 cm³/mol. The lowest BCUT2D eigenvalue weighted by Gasteiger charge is -2.14. The molecule has 1 unspecified atom stereocenters. The van der Waals surface area contributed by atoms with Crippen molar-refractivity contribution in [3.05, 3.63) is 35.5 Å². The molecule has 0 radical (unpaired) electrons. The monoisotopic (exact) mass is 378 g/mol. The van der Waals surface area contributed by atoms with Crippen LogP contribution in [-0.4, -0.2) is 5.48 Å².